The van der Waals surface area contributed by atoms with Gasteiger partial charge in [-0.15, -0.1) is 0 Å². The van der Waals surface area contributed by atoms with E-state index in [9.17, 15) is 0 Å². The molecule has 0 spiro atoms. The number of anilines is 1. The molecule has 0 heterocycles. The van der Waals surface area contributed by atoms with Crippen molar-refractivity contribution in [3.63, 3.8) is 0 Å². The molecule has 0 fully saturated rings. The summed E-state index contributed by atoms with van der Waals surface area (Å²) in [5.41, 5.74) is 7.58. The standard InChI is InChI=1S/C15H15Cl2NO/c16-12-9-13(17)15(14(18)10-12)19-8-4-7-11-5-2-1-3-6-11/h1-3,5-6,9-10H,4,7-8,18H2. The van der Waals surface area contributed by atoms with Crippen molar-refractivity contribution in [3.8, 4) is 5.75 Å². The smallest absolute Gasteiger partial charge is 0.160 e. The average Bonchev–Trinajstić information content (AvgIpc) is 2.38. The number of benzene rings is 2. The van der Waals surface area contributed by atoms with E-state index >= 15 is 0 Å². The van der Waals surface area contributed by atoms with Crippen molar-refractivity contribution < 1.29 is 4.74 Å². The number of ether oxygens (including phenoxy) is 1. The molecule has 19 heavy (non-hydrogen) atoms. The average molecular weight is 296 g/mol. The number of halogens is 2. The van der Waals surface area contributed by atoms with Crippen LogP contribution in [0.4, 0.5) is 5.69 Å². The minimum atomic E-state index is 0.449. The molecule has 0 atom stereocenters. The minimum absolute atomic E-state index is 0.449. The number of rotatable bonds is 5. The second-order valence-corrected chi connectivity index (χ2v) is 5.09. The van der Waals surface area contributed by atoms with E-state index in [4.69, 9.17) is 33.7 Å². The van der Waals surface area contributed by atoms with Crippen LogP contribution in [0.3, 0.4) is 0 Å². The topological polar surface area (TPSA) is 35.2 Å². The molecule has 4 heteroatoms. The highest BCUT2D eigenvalue weighted by atomic mass is 35.5. The number of hydrogen-bond donors (Lipinski definition) is 1. The van der Waals surface area contributed by atoms with Crippen LogP contribution in [0.25, 0.3) is 0 Å². The zero-order valence-corrected chi connectivity index (χ0v) is 11.9. The van der Waals surface area contributed by atoms with Gasteiger partial charge in [-0.1, -0.05) is 53.5 Å². The van der Waals surface area contributed by atoms with Crippen molar-refractivity contribution in [3.05, 3.63) is 58.1 Å². The van der Waals surface area contributed by atoms with Crippen LogP contribution < -0.4 is 10.5 Å². The van der Waals surface area contributed by atoms with Crippen molar-refractivity contribution >= 4 is 28.9 Å². The van der Waals surface area contributed by atoms with Gasteiger partial charge < -0.3 is 10.5 Å². The lowest BCUT2D eigenvalue weighted by molar-refractivity contribution is 0.313. The van der Waals surface area contributed by atoms with Crippen LogP contribution >= 0.6 is 23.2 Å². The molecular formula is C15H15Cl2NO. The van der Waals surface area contributed by atoms with Gasteiger partial charge in [-0.25, -0.2) is 0 Å². The van der Waals surface area contributed by atoms with Crippen LogP contribution in [0.15, 0.2) is 42.5 Å². The summed E-state index contributed by atoms with van der Waals surface area (Å²) in [5, 5.41) is 0.962. The first-order chi connectivity index (χ1) is 9.16. The molecule has 0 amide bonds. The van der Waals surface area contributed by atoms with E-state index in [1.54, 1.807) is 12.1 Å². The van der Waals surface area contributed by atoms with Gasteiger partial charge in [-0.05, 0) is 30.5 Å². The SMILES string of the molecule is Nc1cc(Cl)cc(Cl)c1OCCCc1ccccc1. The number of nitrogen functional groups attached to an aromatic ring is 1. The molecule has 0 saturated carbocycles. The van der Waals surface area contributed by atoms with Gasteiger partial charge in [0.15, 0.2) is 5.75 Å². The highest BCUT2D eigenvalue weighted by molar-refractivity contribution is 6.36. The Morgan fingerprint density at radius 1 is 1.05 bits per heavy atom. The number of aryl methyl sites for hydroxylation is 1. The van der Waals surface area contributed by atoms with Crippen molar-refractivity contribution in [1.29, 1.82) is 0 Å². The molecule has 2 nitrogen and oxygen atoms in total. The molecule has 0 bridgehead atoms. The summed E-state index contributed by atoms with van der Waals surface area (Å²) in [6.07, 6.45) is 1.87. The molecular weight excluding hydrogens is 281 g/mol. The molecule has 0 aliphatic carbocycles. The van der Waals surface area contributed by atoms with E-state index < -0.39 is 0 Å². The van der Waals surface area contributed by atoms with Crippen LogP contribution in [-0.2, 0) is 6.42 Å². The normalized spacial score (nSPS) is 10.4. The Labute approximate surface area is 123 Å². The number of nitrogens with two attached hydrogens (primary N) is 1. The van der Waals surface area contributed by atoms with Crippen molar-refractivity contribution in [2.24, 2.45) is 0 Å². The monoisotopic (exact) mass is 295 g/mol. The molecule has 2 aromatic rings. The summed E-state index contributed by atoms with van der Waals surface area (Å²) in [7, 11) is 0. The largest absolute Gasteiger partial charge is 0.490 e. The van der Waals surface area contributed by atoms with Crippen molar-refractivity contribution in [1.82, 2.24) is 0 Å². The van der Waals surface area contributed by atoms with Crippen molar-refractivity contribution in [2.45, 2.75) is 12.8 Å². The Hall–Kier alpha value is -1.38. The first kappa shape index (κ1) is 14.0. The van der Waals surface area contributed by atoms with E-state index in [1.807, 2.05) is 18.2 Å². The third-order valence-electron chi connectivity index (χ3n) is 2.74. The first-order valence-electron chi connectivity index (χ1n) is 6.08. The Bertz CT molecular complexity index is 520. The summed E-state index contributed by atoms with van der Waals surface area (Å²) < 4.78 is 5.63. The summed E-state index contributed by atoms with van der Waals surface area (Å²) in [6.45, 7) is 0.570. The van der Waals surface area contributed by atoms with Gasteiger partial charge in [0.1, 0.15) is 0 Å². The van der Waals surface area contributed by atoms with Crippen LogP contribution in [0.1, 0.15) is 12.0 Å². The minimum Gasteiger partial charge on any atom is -0.490 e. The van der Waals surface area contributed by atoms with E-state index in [-0.39, 0.29) is 0 Å². The Morgan fingerprint density at radius 3 is 2.47 bits per heavy atom. The predicted molar refractivity (Wildman–Crippen MR) is 81.1 cm³/mol. The lowest BCUT2D eigenvalue weighted by Gasteiger charge is -2.11. The van der Waals surface area contributed by atoms with E-state index in [2.05, 4.69) is 12.1 Å². The highest BCUT2D eigenvalue weighted by Gasteiger charge is 2.07. The fourth-order valence-corrected chi connectivity index (χ4v) is 2.39. The first-order valence-corrected chi connectivity index (χ1v) is 6.83. The highest BCUT2D eigenvalue weighted by Crippen LogP contribution is 2.34. The molecule has 100 valence electrons. The van der Waals surface area contributed by atoms with Gasteiger partial charge in [0, 0.05) is 5.02 Å². The third kappa shape index (κ3) is 4.05. The fraction of sp³-hybridized carbons (Fsp3) is 0.200. The summed E-state index contributed by atoms with van der Waals surface area (Å²) in [5.74, 6) is 0.513. The second-order valence-electron chi connectivity index (χ2n) is 4.24. The maximum absolute atomic E-state index is 6.04. The molecule has 0 aliphatic heterocycles. The lowest BCUT2D eigenvalue weighted by atomic mass is 10.1. The van der Waals surface area contributed by atoms with Gasteiger partial charge in [0.25, 0.3) is 0 Å². The summed E-state index contributed by atoms with van der Waals surface area (Å²) in [6, 6.07) is 13.5. The molecule has 0 aromatic heterocycles. The van der Waals surface area contributed by atoms with Gasteiger partial charge in [0.05, 0.1) is 17.3 Å². The zero-order valence-electron chi connectivity index (χ0n) is 10.4. The third-order valence-corrected chi connectivity index (χ3v) is 3.24. The second kappa shape index (κ2) is 6.69. The van der Waals surface area contributed by atoms with Crippen LogP contribution in [-0.4, -0.2) is 6.61 Å². The zero-order chi connectivity index (χ0) is 13.7. The molecule has 2 aromatic carbocycles. The maximum atomic E-state index is 6.04. The Balaban J connectivity index is 1.86. The van der Waals surface area contributed by atoms with E-state index in [1.165, 1.54) is 5.56 Å². The predicted octanol–water partition coefficient (Wildman–Crippen LogP) is 4.59. The van der Waals surface area contributed by atoms with E-state index in [0.29, 0.717) is 28.1 Å². The lowest BCUT2D eigenvalue weighted by Crippen LogP contribution is -2.02. The van der Waals surface area contributed by atoms with Crippen LogP contribution in [0.5, 0.6) is 5.75 Å². The molecule has 0 aliphatic rings. The fourth-order valence-electron chi connectivity index (χ4n) is 1.83. The molecule has 2 rings (SSSR count). The van der Waals surface area contributed by atoms with Crippen LogP contribution in [0, 0.1) is 0 Å². The quantitative estimate of drug-likeness (QED) is 0.647. The van der Waals surface area contributed by atoms with Gasteiger partial charge in [0.2, 0.25) is 0 Å². The Kier molecular flexibility index (Phi) is 4.94. The van der Waals surface area contributed by atoms with Gasteiger partial charge in [-0.2, -0.15) is 0 Å². The van der Waals surface area contributed by atoms with Gasteiger partial charge in [-0.3, -0.25) is 0 Å². The van der Waals surface area contributed by atoms with Crippen LogP contribution in [0.2, 0.25) is 10.0 Å². The van der Waals surface area contributed by atoms with Crippen molar-refractivity contribution in [2.75, 3.05) is 12.3 Å². The summed E-state index contributed by atoms with van der Waals surface area (Å²) in [4.78, 5) is 0. The molecule has 2 N–H and O–H groups in total. The van der Waals surface area contributed by atoms with Gasteiger partial charge >= 0.3 is 0 Å². The molecule has 0 unspecified atom stereocenters. The maximum Gasteiger partial charge on any atom is 0.160 e. The molecule has 0 saturated heterocycles. The van der Waals surface area contributed by atoms with E-state index in [0.717, 1.165) is 12.8 Å². The molecule has 0 radical (unpaired) electrons. The Morgan fingerprint density at radius 2 is 1.79 bits per heavy atom. The number of hydrogen-bond acceptors (Lipinski definition) is 2. The summed E-state index contributed by atoms with van der Waals surface area (Å²) >= 11 is 11.9.